The van der Waals surface area contributed by atoms with Crippen LogP contribution in [0.3, 0.4) is 0 Å². The Morgan fingerprint density at radius 2 is 1.65 bits per heavy atom. The van der Waals surface area contributed by atoms with Crippen molar-refractivity contribution in [2.75, 3.05) is 19.7 Å². The topological polar surface area (TPSA) is 68.1 Å². The minimum Gasteiger partial charge on any atom is -0.493 e. The number of fused-ring (bicyclic) bond motifs is 1. The second-order valence-electron chi connectivity index (χ2n) is 5.01. The first-order valence-corrected chi connectivity index (χ1v) is 7.57. The summed E-state index contributed by atoms with van der Waals surface area (Å²) in [5, 5.41) is 2.30. The van der Waals surface area contributed by atoms with Crippen LogP contribution >= 0.6 is 0 Å². The van der Waals surface area contributed by atoms with Crippen LogP contribution in [0, 0.1) is 0 Å². The van der Waals surface area contributed by atoms with E-state index in [4.69, 9.17) is 4.74 Å². The number of ether oxygens (including phenoxy) is 1. The van der Waals surface area contributed by atoms with Crippen molar-refractivity contribution in [2.45, 2.75) is 19.3 Å². The Hall–Kier alpha value is -2.74. The van der Waals surface area contributed by atoms with Gasteiger partial charge in [0.1, 0.15) is 5.75 Å². The molecule has 0 aliphatic heterocycles. The van der Waals surface area contributed by atoms with Gasteiger partial charge in [0, 0.05) is 12.0 Å². The van der Waals surface area contributed by atoms with Gasteiger partial charge < -0.3 is 4.74 Å². The third-order valence-corrected chi connectivity index (χ3v) is 3.50. The van der Waals surface area contributed by atoms with E-state index in [1.54, 1.807) is 6.08 Å². The van der Waals surface area contributed by atoms with E-state index in [-0.39, 0.29) is 0 Å². The first kappa shape index (κ1) is 16.6. The average molecular weight is 310 g/mol. The summed E-state index contributed by atoms with van der Waals surface area (Å²) in [6.45, 7) is 1.36. The molecule has 5 nitrogen and oxygen atoms in total. The number of isocyanates is 2. The van der Waals surface area contributed by atoms with Gasteiger partial charge in [0.15, 0.2) is 0 Å². The number of hydrogen-bond acceptors (Lipinski definition) is 5. The number of nitrogens with zero attached hydrogens (tertiary/aromatic N) is 2. The van der Waals surface area contributed by atoms with Crippen LogP contribution in [-0.2, 0) is 16.0 Å². The number of aliphatic imine (C=N–C) groups is 2. The van der Waals surface area contributed by atoms with Crippen LogP contribution in [0.4, 0.5) is 0 Å². The summed E-state index contributed by atoms with van der Waals surface area (Å²) in [7, 11) is 0. The minimum atomic E-state index is 0.417. The lowest BCUT2D eigenvalue weighted by Gasteiger charge is -2.14. The van der Waals surface area contributed by atoms with E-state index < -0.39 is 0 Å². The number of rotatable bonds is 9. The van der Waals surface area contributed by atoms with Crippen LogP contribution in [0.5, 0.6) is 5.75 Å². The predicted molar refractivity (Wildman–Crippen MR) is 88.4 cm³/mol. The maximum atomic E-state index is 10.2. The molecule has 23 heavy (non-hydrogen) atoms. The quantitative estimate of drug-likeness (QED) is 0.406. The van der Waals surface area contributed by atoms with E-state index in [0.29, 0.717) is 26.1 Å². The molecule has 5 heteroatoms. The van der Waals surface area contributed by atoms with Crippen LogP contribution in [0.15, 0.2) is 46.4 Å². The summed E-state index contributed by atoms with van der Waals surface area (Å²) < 4.78 is 5.85. The lowest BCUT2D eigenvalue weighted by atomic mass is 9.99. The molecule has 2 rings (SSSR count). The Labute approximate surface area is 134 Å². The first-order valence-electron chi connectivity index (χ1n) is 7.57. The maximum Gasteiger partial charge on any atom is 0.234 e. The summed E-state index contributed by atoms with van der Waals surface area (Å²) >= 11 is 0. The molecule has 118 valence electrons. The van der Waals surface area contributed by atoms with Crippen molar-refractivity contribution in [3.63, 3.8) is 0 Å². The smallest absolute Gasteiger partial charge is 0.234 e. The van der Waals surface area contributed by atoms with E-state index in [0.717, 1.165) is 34.9 Å². The molecule has 0 saturated heterocycles. The highest BCUT2D eigenvalue weighted by atomic mass is 16.5. The first-order chi connectivity index (χ1) is 11.4. The molecule has 0 N–H and O–H groups in total. The van der Waals surface area contributed by atoms with Gasteiger partial charge in [0.2, 0.25) is 12.2 Å². The van der Waals surface area contributed by atoms with Crippen molar-refractivity contribution in [1.82, 2.24) is 0 Å². The Balaban J connectivity index is 2.16. The molecule has 0 heterocycles. The molecular weight excluding hydrogens is 292 g/mol. The zero-order valence-corrected chi connectivity index (χ0v) is 12.8. The number of benzene rings is 2. The van der Waals surface area contributed by atoms with E-state index in [2.05, 4.69) is 22.1 Å². The zero-order chi connectivity index (χ0) is 16.3. The number of hydrogen-bond donors (Lipinski definition) is 0. The van der Waals surface area contributed by atoms with Crippen LogP contribution in [0.1, 0.15) is 18.4 Å². The van der Waals surface area contributed by atoms with Crippen molar-refractivity contribution in [3.05, 3.63) is 42.0 Å². The van der Waals surface area contributed by atoms with Gasteiger partial charge in [-0.1, -0.05) is 30.3 Å². The van der Waals surface area contributed by atoms with E-state index in [1.165, 1.54) is 6.08 Å². The van der Waals surface area contributed by atoms with Crippen LogP contribution in [0.2, 0.25) is 0 Å². The van der Waals surface area contributed by atoms with Gasteiger partial charge in [-0.3, -0.25) is 0 Å². The molecular formula is C18H18N2O3. The van der Waals surface area contributed by atoms with E-state index in [9.17, 15) is 9.59 Å². The second kappa shape index (κ2) is 9.31. The Morgan fingerprint density at radius 1 is 0.913 bits per heavy atom. The molecule has 0 unspecified atom stereocenters. The standard InChI is InChI=1S/C18H18N2O3/c21-13-19-10-3-7-17-16-6-2-1-5-15(16)8-9-18(17)23-12-4-11-20-14-22/h1-2,5-6,8-9H,3-4,7,10-12H2. The normalized spacial score (nSPS) is 9.91. The van der Waals surface area contributed by atoms with Gasteiger partial charge in [0.05, 0.1) is 19.7 Å². The Bertz CT molecular complexity index is 745. The van der Waals surface area contributed by atoms with Crippen molar-refractivity contribution in [1.29, 1.82) is 0 Å². The molecule has 0 amide bonds. The molecule has 0 spiro atoms. The molecule has 0 atom stereocenters. The van der Waals surface area contributed by atoms with Crippen LogP contribution in [-0.4, -0.2) is 31.9 Å². The lowest BCUT2D eigenvalue weighted by molar-refractivity contribution is 0.310. The highest BCUT2D eigenvalue weighted by Crippen LogP contribution is 2.29. The molecule has 0 aromatic heterocycles. The van der Waals surface area contributed by atoms with Crippen LogP contribution in [0.25, 0.3) is 10.8 Å². The fourth-order valence-electron chi connectivity index (χ4n) is 2.46. The zero-order valence-electron chi connectivity index (χ0n) is 12.8. The molecule has 0 bridgehead atoms. The minimum absolute atomic E-state index is 0.417. The van der Waals surface area contributed by atoms with Crippen LogP contribution < -0.4 is 4.74 Å². The summed E-state index contributed by atoms with van der Waals surface area (Å²) in [4.78, 5) is 27.3. The molecule has 2 aromatic carbocycles. The highest BCUT2D eigenvalue weighted by Gasteiger charge is 2.08. The largest absolute Gasteiger partial charge is 0.493 e. The van der Waals surface area contributed by atoms with Gasteiger partial charge >= 0.3 is 0 Å². The monoisotopic (exact) mass is 310 g/mol. The van der Waals surface area contributed by atoms with Gasteiger partial charge in [-0.15, -0.1) is 0 Å². The number of carbonyl (C=O) groups excluding carboxylic acids is 2. The molecule has 2 aromatic rings. The highest BCUT2D eigenvalue weighted by molar-refractivity contribution is 5.87. The maximum absolute atomic E-state index is 10.2. The van der Waals surface area contributed by atoms with Crippen molar-refractivity contribution < 1.29 is 14.3 Å². The van der Waals surface area contributed by atoms with E-state index in [1.807, 2.05) is 24.3 Å². The molecule has 0 aliphatic rings. The fourth-order valence-corrected chi connectivity index (χ4v) is 2.46. The lowest BCUT2D eigenvalue weighted by Crippen LogP contribution is -2.03. The van der Waals surface area contributed by atoms with Crippen molar-refractivity contribution in [3.8, 4) is 5.75 Å². The Morgan fingerprint density at radius 3 is 2.43 bits per heavy atom. The summed E-state index contributed by atoms with van der Waals surface area (Å²) in [6.07, 6.45) is 5.28. The summed E-state index contributed by atoms with van der Waals surface area (Å²) in [6, 6.07) is 12.1. The van der Waals surface area contributed by atoms with E-state index >= 15 is 0 Å². The third-order valence-electron chi connectivity index (χ3n) is 3.50. The Kier molecular flexibility index (Phi) is 6.73. The second-order valence-corrected chi connectivity index (χ2v) is 5.01. The van der Waals surface area contributed by atoms with Gasteiger partial charge in [-0.05, 0) is 29.7 Å². The fraction of sp³-hybridized carbons (Fsp3) is 0.333. The third kappa shape index (κ3) is 4.89. The number of aryl methyl sites for hydroxylation is 1. The van der Waals surface area contributed by atoms with Crippen molar-refractivity contribution in [2.24, 2.45) is 9.98 Å². The predicted octanol–water partition coefficient (Wildman–Crippen LogP) is 3.21. The van der Waals surface area contributed by atoms with Gasteiger partial charge in [0.25, 0.3) is 0 Å². The molecule has 0 aliphatic carbocycles. The molecule has 0 radical (unpaired) electrons. The summed E-state index contributed by atoms with van der Waals surface area (Å²) in [5.74, 6) is 0.828. The molecule has 0 saturated carbocycles. The SMILES string of the molecule is O=C=NCCCOc1ccc2ccccc2c1CCCN=C=O. The van der Waals surface area contributed by atoms with Gasteiger partial charge in [-0.2, -0.15) is 0 Å². The van der Waals surface area contributed by atoms with Crippen molar-refractivity contribution >= 4 is 22.9 Å². The average Bonchev–Trinajstić information content (AvgIpc) is 2.59. The summed E-state index contributed by atoms with van der Waals surface area (Å²) in [5.41, 5.74) is 1.11. The van der Waals surface area contributed by atoms with Gasteiger partial charge in [-0.25, -0.2) is 19.6 Å². The molecule has 0 fully saturated rings.